The highest BCUT2D eigenvalue weighted by atomic mass is 35.5. The summed E-state index contributed by atoms with van der Waals surface area (Å²) in [5.74, 6) is 0.445. The molecule has 1 atom stereocenters. The molecule has 2 aromatic rings. The SMILES string of the molecule is CC(C)(C)OC(=O)N(CC1CCCO1)c1nc(Cl)nc2ccccc12. The van der Waals surface area contributed by atoms with E-state index in [1.807, 2.05) is 45.0 Å². The summed E-state index contributed by atoms with van der Waals surface area (Å²) in [6.07, 6.45) is 1.37. The van der Waals surface area contributed by atoms with Crippen molar-refractivity contribution >= 4 is 34.4 Å². The van der Waals surface area contributed by atoms with Crippen molar-refractivity contribution in [1.29, 1.82) is 0 Å². The van der Waals surface area contributed by atoms with Crippen molar-refractivity contribution in [2.45, 2.75) is 45.3 Å². The predicted octanol–water partition coefficient (Wildman–Crippen LogP) is 4.20. The Morgan fingerprint density at radius 2 is 2.12 bits per heavy atom. The summed E-state index contributed by atoms with van der Waals surface area (Å²) in [6, 6.07) is 7.45. The third-order valence-corrected chi connectivity index (χ3v) is 4.00. The van der Waals surface area contributed by atoms with Crippen LogP contribution >= 0.6 is 11.6 Å². The predicted molar refractivity (Wildman–Crippen MR) is 97.1 cm³/mol. The van der Waals surface area contributed by atoms with E-state index in [-0.39, 0.29) is 11.4 Å². The number of carbonyl (C=O) groups excluding carboxylic acids is 1. The molecule has 1 aromatic heterocycles. The first-order chi connectivity index (χ1) is 11.8. The lowest BCUT2D eigenvalue weighted by Gasteiger charge is -2.29. The fraction of sp³-hybridized carbons (Fsp3) is 0.500. The molecule has 2 heterocycles. The molecule has 0 spiro atoms. The average Bonchev–Trinajstić information content (AvgIpc) is 3.03. The van der Waals surface area contributed by atoms with E-state index in [4.69, 9.17) is 21.1 Å². The van der Waals surface area contributed by atoms with Crippen LogP contribution in [0.15, 0.2) is 24.3 Å². The van der Waals surface area contributed by atoms with Gasteiger partial charge in [0, 0.05) is 12.0 Å². The molecule has 134 valence electrons. The Labute approximate surface area is 152 Å². The molecular formula is C18H22ClN3O3. The van der Waals surface area contributed by atoms with E-state index in [1.54, 1.807) is 0 Å². The van der Waals surface area contributed by atoms with Crippen LogP contribution in [0.4, 0.5) is 10.6 Å². The van der Waals surface area contributed by atoms with E-state index in [0.717, 1.165) is 18.2 Å². The summed E-state index contributed by atoms with van der Waals surface area (Å²) in [7, 11) is 0. The third-order valence-electron chi connectivity index (χ3n) is 3.84. The van der Waals surface area contributed by atoms with Gasteiger partial charge in [-0.1, -0.05) is 12.1 Å². The molecule has 1 unspecified atom stereocenters. The van der Waals surface area contributed by atoms with Crippen LogP contribution < -0.4 is 4.90 Å². The maximum Gasteiger partial charge on any atom is 0.416 e. The van der Waals surface area contributed by atoms with Gasteiger partial charge in [0.25, 0.3) is 0 Å². The number of rotatable bonds is 3. The van der Waals surface area contributed by atoms with Gasteiger partial charge in [-0.05, 0) is 57.3 Å². The summed E-state index contributed by atoms with van der Waals surface area (Å²) in [4.78, 5) is 22.9. The molecule has 1 aromatic carbocycles. The summed E-state index contributed by atoms with van der Waals surface area (Å²) in [5, 5.41) is 0.838. The second-order valence-corrected chi connectivity index (χ2v) is 7.40. The summed E-state index contributed by atoms with van der Waals surface area (Å²) >= 11 is 6.09. The highest BCUT2D eigenvalue weighted by Gasteiger charge is 2.30. The minimum atomic E-state index is -0.613. The molecule has 6 nitrogen and oxygen atoms in total. The van der Waals surface area contributed by atoms with Crippen molar-refractivity contribution < 1.29 is 14.3 Å². The Morgan fingerprint density at radius 3 is 2.80 bits per heavy atom. The molecule has 0 bridgehead atoms. The number of benzene rings is 1. The van der Waals surface area contributed by atoms with Crippen molar-refractivity contribution in [3.05, 3.63) is 29.5 Å². The van der Waals surface area contributed by atoms with Gasteiger partial charge < -0.3 is 9.47 Å². The van der Waals surface area contributed by atoms with Crippen LogP contribution in [0, 0.1) is 0 Å². The Bertz CT molecular complexity index is 770. The number of halogens is 1. The Hall–Kier alpha value is -1.92. The highest BCUT2D eigenvalue weighted by molar-refractivity contribution is 6.29. The largest absolute Gasteiger partial charge is 0.443 e. The van der Waals surface area contributed by atoms with Gasteiger partial charge in [-0.3, -0.25) is 4.90 Å². The molecule has 1 saturated heterocycles. The molecule has 3 rings (SSSR count). The first-order valence-electron chi connectivity index (χ1n) is 8.38. The van der Waals surface area contributed by atoms with Gasteiger partial charge in [0.2, 0.25) is 5.28 Å². The lowest BCUT2D eigenvalue weighted by atomic mass is 10.2. The number of ether oxygens (including phenoxy) is 2. The zero-order chi connectivity index (χ0) is 18.0. The van der Waals surface area contributed by atoms with E-state index in [1.165, 1.54) is 4.90 Å². The number of fused-ring (bicyclic) bond motifs is 1. The van der Waals surface area contributed by atoms with E-state index in [2.05, 4.69) is 9.97 Å². The maximum atomic E-state index is 12.8. The molecule has 1 aliphatic heterocycles. The molecule has 0 aliphatic carbocycles. The summed E-state index contributed by atoms with van der Waals surface area (Å²) < 4.78 is 11.3. The molecule has 0 N–H and O–H groups in total. The maximum absolute atomic E-state index is 12.8. The topological polar surface area (TPSA) is 64.5 Å². The van der Waals surface area contributed by atoms with Crippen LogP contribution in [0.3, 0.4) is 0 Å². The number of carbonyl (C=O) groups is 1. The highest BCUT2D eigenvalue weighted by Crippen LogP contribution is 2.28. The van der Waals surface area contributed by atoms with Crippen LogP contribution in [-0.2, 0) is 9.47 Å². The monoisotopic (exact) mass is 363 g/mol. The van der Waals surface area contributed by atoms with Gasteiger partial charge in [-0.2, -0.15) is 4.98 Å². The van der Waals surface area contributed by atoms with Crippen LogP contribution in [-0.4, -0.2) is 40.9 Å². The summed E-state index contributed by atoms with van der Waals surface area (Å²) in [6.45, 7) is 6.57. The second kappa shape index (κ2) is 7.14. The molecular weight excluding hydrogens is 342 g/mol. The van der Waals surface area contributed by atoms with Gasteiger partial charge >= 0.3 is 6.09 Å². The quantitative estimate of drug-likeness (QED) is 0.764. The molecule has 1 amide bonds. The fourth-order valence-electron chi connectivity index (χ4n) is 2.79. The summed E-state index contributed by atoms with van der Waals surface area (Å²) in [5.41, 5.74) is 0.0665. The number of anilines is 1. The number of para-hydroxylation sites is 1. The molecule has 25 heavy (non-hydrogen) atoms. The van der Waals surface area contributed by atoms with Gasteiger partial charge in [0.15, 0.2) is 5.82 Å². The van der Waals surface area contributed by atoms with Crippen molar-refractivity contribution in [1.82, 2.24) is 9.97 Å². The van der Waals surface area contributed by atoms with Gasteiger partial charge in [-0.15, -0.1) is 0 Å². The average molecular weight is 364 g/mol. The van der Waals surface area contributed by atoms with E-state index >= 15 is 0 Å². The molecule has 1 aliphatic rings. The van der Waals surface area contributed by atoms with E-state index in [9.17, 15) is 4.79 Å². The minimum absolute atomic E-state index is 0.0416. The Balaban J connectivity index is 2.02. The van der Waals surface area contributed by atoms with Gasteiger partial charge in [0.05, 0.1) is 18.2 Å². The van der Waals surface area contributed by atoms with Crippen molar-refractivity contribution in [3.8, 4) is 0 Å². The molecule has 0 saturated carbocycles. The zero-order valence-corrected chi connectivity index (χ0v) is 15.4. The first-order valence-corrected chi connectivity index (χ1v) is 8.76. The molecule has 1 fully saturated rings. The van der Waals surface area contributed by atoms with E-state index < -0.39 is 11.7 Å². The van der Waals surface area contributed by atoms with Gasteiger partial charge in [0.1, 0.15) is 5.60 Å². The lowest BCUT2D eigenvalue weighted by Crippen LogP contribution is -2.41. The number of aromatic nitrogens is 2. The zero-order valence-electron chi connectivity index (χ0n) is 14.7. The standard InChI is InChI=1S/C18H22ClN3O3/c1-18(2,3)25-17(23)22(11-12-7-6-10-24-12)15-13-8-4-5-9-14(13)20-16(19)21-15/h4-5,8-9,12H,6-7,10-11H2,1-3H3. The van der Waals surface area contributed by atoms with Crippen LogP contribution in [0.1, 0.15) is 33.6 Å². The fourth-order valence-corrected chi connectivity index (χ4v) is 2.97. The van der Waals surface area contributed by atoms with Crippen molar-refractivity contribution in [2.24, 2.45) is 0 Å². The first kappa shape index (κ1) is 17.9. The van der Waals surface area contributed by atoms with Crippen LogP contribution in [0.25, 0.3) is 10.9 Å². The van der Waals surface area contributed by atoms with E-state index in [0.29, 0.717) is 24.5 Å². The number of hydrogen-bond acceptors (Lipinski definition) is 5. The van der Waals surface area contributed by atoms with Crippen molar-refractivity contribution in [2.75, 3.05) is 18.1 Å². The normalized spacial score (nSPS) is 17.7. The molecule has 7 heteroatoms. The van der Waals surface area contributed by atoms with Crippen molar-refractivity contribution in [3.63, 3.8) is 0 Å². The second-order valence-electron chi connectivity index (χ2n) is 7.06. The number of nitrogens with zero attached hydrogens (tertiary/aromatic N) is 3. The Morgan fingerprint density at radius 1 is 1.36 bits per heavy atom. The number of amides is 1. The number of hydrogen-bond donors (Lipinski definition) is 0. The third kappa shape index (κ3) is 4.38. The Kier molecular flexibility index (Phi) is 5.11. The van der Waals surface area contributed by atoms with Crippen LogP contribution in [0.2, 0.25) is 5.28 Å². The smallest absolute Gasteiger partial charge is 0.416 e. The van der Waals surface area contributed by atoms with Crippen LogP contribution in [0.5, 0.6) is 0 Å². The lowest BCUT2D eigenvalue weighted by molar-refractivity contribution is 0.0538. The van der Waals surface area contributed by atoms with Gasteiger partial charge in [-0.25, -0.2) is 9.78 Å². The molecule has 0 radical (unpaired) electrons. The minimum Gasteiger partial charge on any atom is -0.443 e.